The molecule has 1 saturated carbocycles. The fourth-order valence-corrected chi connectivity index (χ4v) is 5.56. The molecule has 44 heavy (non-hydrogen) atoms. The Morgan fingerprint density at radius 1 is 0.977 bits per heavy atom. The van der Waals surface area contributed by atoms with Gasteiger partial charge in [-0.15, -0.1) is 0 Å². The van der Waals surface area contributed by atoms with E-state index in [1.807, 2.05) is 29.7 Å². The molecule has 8 nitrogen and oxygen atoms in total. The fourth-order valence-electron chi connectivity index (χ4n) is 5.56. The summed E-state index contributed by atoms with van der Waals surface area (Å²) < 4.78 is 44.4. The second-order valence-corrected chi connectivity index (χ2v) is 11.5. The van der Waals surface area contributed by atoms with Crippen molar-refractivity contribution in [3.63, 3.8) is 0 Å². The van der Waals surface area contributed by atoms with Gasteiger partial charge in [0.05, 0.1) is 23.8 Å². The second-order valence-electron chi connectivity index (χ2n) is 11.5. The topological polar surface area (TPSA) is 103 Å². The molecule has 0 bridgehead atoms. The molecular formula is C34H34F2N4O4. The first-order valence-electron chi connectivity index (χ1n) is 14.6. The van der Waals surface area contributed by atoms with Crippen LogP contribution in [0.5, 0.6) is 11.8 Å². The summed E-state index contributed by atoms with van der Waals surface area (Å²) in [7, 11) is 1.58. The smallest absolute Gasteiger partial charge is 0.317 e. The van der Waals surface area contributed by atoms with Gasteiger partial charge in [0.2, 0.25) is 0 Å². The Hall–Kier alpha value is -4.41. The standard InChI is InChI=1S/C34H34F2N4O4/c1-4-34(10-11-34)19-40-29-15-21(32(41)42)7-8-28(29)38-31(40)16-23-14-26(36)24(17-25(23)35)27-9-12-37-33(39-27)44-18-22-6-5-20(2)13-30(22)43-3/h5-9,12-15,17,32,41-42H,4,10-11,16,18-19H2,1-3H3. The molecule has 0 amide bonds. The van der Waals surface area contributed by atoms with Crippen LogP contribution >= 0.6 is 0 Å². The minimum atomic E-state index is -1.62. The van der Waals surface area contributed by atoms with Gasteiger partial charge >= 0.3 is 6.01 Å². The number of aryl methyl sites for hydroxylation is 1. The number of methoxy groups -OCH3 is 1. The molecule has 6 rings (SSSR count). The number of rotatable bonds is 11. The van der Waals surface area contributed by atoms with E-state index in [-0.39, 0.29) is 41.3 Å². The first kappa shape index (κ1) is 29.7. The van der Waals surface area contributed by atoms with Gasteiger partial charge in [-0.1, -0.05) is 25.1 Å². The van der Waals surface area contributed by atoms with Crippen molar-refractivity contribution < 1.29 is 28.5 Å². The second kappa shape index (κ2) is 11.9. The van der Waals surface area contributed by atoms with E-state index in [0.29, 0.717) is 29.2 Å². The predicted octanol–water partition coefficient (Wildman–Crippen LogP) is 6.43. The Bertz CT molecular complexity index is 1830. The number of aromatic nitrogens is 4. The van der Waals surface area contributed by atoms with Crippen LogP contribution in [0.2, 0.25) is 0 Å². The number of fused-ring (bicyclic) bond motifs is 1. The predicted molar refractivity (Wildman–Crippen MR) is 161 cm³/mol. The van der Waals surface area contributed by atoms with Crippen LogP contribution in [0.15, 0.2) is 60.8 Å². The number of ether oxygens (including phenoxy) is 2. The maximum atomic E-state index is 15.6. The van der Waals surface area contributed by atoms with Gasteiger partial charge in [-0.25, -0.2) is 18.7 Å². The summed E-state index contributed by atoms with van der Waals surface area (Å²) >= 11 is 0. The van der Waals surface area contributed by atoms with E-state index in [1.165, 1.54) is 18.3 Å². The highest BCUT2D eigenvalue weighted by Crippen LogP contribution is 2.50. The van der Waals surface area contributed by atoms with Crippen molar-refractivity contribution in [1.29, 1.82) is 0 Å². The Labute approximate surface area is 254 Å². The van der Waals surface area contributed by atoms with E-state index in [9.17, 15) is 10.2 Å². The van der Waals surface area contributed by atoms with E-state index >= 15 is 8.78 Å². The third-order valence-corrected chi connectivity index (χ3v) is 8.54. The zero-order valence-electron chi connectivity index (χ0n) is 24.8. The van der Waals surface area contributed by atoms with E-state index in [0.717, 1.165) is 42.0 Å². The minimum Gasteiger partial charge on any atom is -0.496 e. The van der Waals surface area contributed by atoms with E-state index in [4.69, 9.17) is 14.5 Å². The number of hydrogen-bond donors (Lipinski definition) is 2. The summed E-state index contributed by atoms with van der Waals surface area (Å²) in [5.74, 6) is 0.0341. The average Bonchev–Trinajstić information content (AvgIpc) is 3.72. The van der Waals surface area contributed by atoms with Gasteiger partial charge in [0, 0.05) is 35.9 Å². The molecule has 0 unspecified atom stereocenters. The summed E-state index contributed by atoms with van der Waals surface area (Å²) in [6.07, 6.45) is 3.01. The highest BCUT2D eigenvalue weighted by Gasteiger charge is 2.41. The largest absolute Gasteiger partial charge is 0.496 e. The van der Waals surface area contributed by atoms with Crippen molar-refractivity contribution >= 4 is 11.0 Å². The van der Waals surface area contributed by atoms with Gasteiger partial charge in [0.1, 0.15) is 29.8 Å². The lowest BCUT2D eigenvalue weighted by Crippen LogP contribution is -2.14. The molecule has 2 aromatic heterocycles. The number of hydrogen-bond acceptors (Lipinski definition) is 7. The molecule has 0 saturated heterocycles. The molecule has 1 fully saturated rings. The van der Waals surface area contributed by atoms with Gasteiger partial charge in [-0.2, -0.15) is 4.98 Å². The van der Waals surface area contributed by atoms with Crippen LogP contribution < -0.4 is 9.47 Å². The lowest BCUT2D eigenvalue weighted by Gasteiger charge is -2.17. The van der Waals surface area contributed by atoms with Gasteiger partial charge in [0.15, 0.2) is 6.29 Å². The highest BCUT2D eigenvalue weighted by atomic mass is 19.1. The molecular weight excluding hydrogens is 566 g/mol. The fraction of sp³-hybridized carbons (Fsp3) is 0.324. The first-order chi connectivity index (χ1) is 21.2. The van der Waals surface area contributed by atoms with Crippen molar-refractivity contribution in [2.45, 2.75) is 59.0 Å². The third-order valence-electron chi connectivity index (χ3n) is 8.54. The van der Waals surface area contributed by atoms with Crippen LogP contribution in [0.25, 0.3) is 22.3 Å². The average molecular weight is 601 g/mol. The summed E-state index contributed by atoms with van der Waals surface area (Å²) in [5, 5.41) is 19.5. The van der Waals surface area contributed by atoms with Crippen molar-refractivity contribution in [3.05, 3.63) is 101 Å². The third kappa shape index (κ3) is 6.00. The molecule has 1 aliphatic rings. The molecule has 5 aromatic rings. The lowest BCUT2D eigenvalue weighted by molar-refractivity contribution is -0.0424. The Morgan fingerprint density at radius 3 is 2.52 bits per heavy atom. The molecule has 1 aliphatic carbocycles. The van der Waals surface area contributed by atoms with Crippen molar-refractivity contribution in [3.8, 4) is 23.0 Å². The van der Waals surface area contributed by atoms with E-state index < -0.39 is 17.9 Å². The maximum absolute atomic E-state index is 15.6. The molecule has 0 radical (unpaired) electrons. The Morgan fingerprint density at radius 2 is 1.80 bits per heavy atom. The maximum Gasteiger partial charge on any atom is 0.317 e. The normalized spacial score (nSPS) is 13.9. The molecule has 3 aromatic carbocycles. The summed E-state index contributed by atoms with van der Waals surface area (Å²) in [4.78, 5) is 13.2. The van der Waals surface area contributed by atoms with Gasteiger partial charge < -0.3 is 24.3 Å². The number of imidazole rings is 1. The molecule has 0 aliphatic heterocycles. The molecule has 2 heterocycles. The van der Waals surface area contributed by atoms with Crippen LogP contribution in [-0.4, -0.2) is 36.8 Å². The van der Waals surface area contributed by atoms with Crippen LogP contribution in [0.3, 0.4) is 0 Å². The summed E-state index contributed by atoms with van der Waals surface area (Å²) in [6.45, 7) is 4.91. The zero-order chi connectivity index (χ0) is 31.0. The number of halogens is 2. The highest BCUT2D eigenvalue weighted by molar-refractivity contribution is 5.77. The van der Waals surface area contributed by atoms with Crippen molar-refractivity contribution in [2.24, 2.45) is 5.41 Å². The van der Waals surface area contributed by atoms with E-state index in [2.05, 4.69) is 16.9 Å². The van der Waals surface area contributed by atoms with Crippen LogP contribution in [0.1, 0.15) is 60.6 Å². The quantitative estimate of drug-likeness (QED) is 0.168. The molecule has 0 atom stereocenters. The molecule has 2 N–H and O–H groups in total. The lowest BCUT2D eigenvalue weighted by atomic mass is 10.0. The number of aliphatic hydroxyl groups is 2. The monoisotopic (exact) mass is 600 g/mol. The van der Waals surface area contributed by atoms with E-state index in [1.54, 1.807) is 25.3 Å². The SMILES string of the molecule is CCC1(Cn2c(Cc3cc(F)c(-c4ccnc(OCc5ccc(C)cc5OC)n4)cc3F)nc3ccc(C(O)O)cc32)CC1. The Balaban J connectivity index is 1.27. The molecule has 10 heteroatoms. The van der Waals surface area contributed by atoms with Crippen LogP contribution in [-0.2, 0) is 19.6 Å². The Kier molecular flexibility index (Phi) is 8.04. The summed E-state index contributed by atoms with van der Waals surface area (Å²) in [5.41, 5.74) is 4.05. The van der Waals surface area contributed by atoms with Crippen LogP contribution in [0.4, 0.5) is 8.78 Å². The van der Waals surface area contributed by atoms with Crippen molar-refractivity contribution in [1.82, 2.24) is 19.5 Å². The first-order valence-corrected chi connectivity index (χ1v) is 14.6. The minimum absolute atomic E-state index is 0.00980. The van der Waals surface area contributed by atoms with Gasteiger partial charge in [0.25, 0.3) is 0 Å². The number of benzene rings is 3. The number of nitrogens with zero attached hydrogens (tertiary/aromatic N) is 4. The number of aliphatic hydroxyl groups excluding tert-OH is 1. The van der Waals surface area contributed by atoms with Gasteiger partial charge in [-0.3, -0.25) is 0 Å². The van der Waals surface area contributed by atoms with Gasteiger partial charge in [-0.05, 0) is 79.1 Å². The molecule has 228 valence electrons. The van der Waals surface area contributed by atoms with Crippen molar-refractivity contribution in [2.75, 3.05) is 7.11 Å². The zero-order valence-corrected chi connectivity index (χ0v) is 24.8. The summed E-state index contributed by atoms with van der Waals surface area (Å²) in [6, 6.07) is 14.6. The molecule has 0 spiro atoms. The van der Waals surface area contributed by atoms with Crippen LogP contribution in [0, 0.1) is 24.0 Å².